The van der Waals surface area contributed by atoms with Crippen molar-refractivity contribution in [3.8, 4) is 0 Å². The molecule has 5 heteroatoms. The minimum atomic E-state index is -1.69. The van der Waals surface area contributed by atoms with Gasteiger partial charge in [-0.1, -0.05) is 11.6 Å². The SMILES string of the molecule is CC1=CN=NC1(O)c1ccc(Cl)cc1F. The predicted molar refractivity (Wildman–Crippen MR) is 53.9 cm³/mol. The third kappa shape index (κ3) is 1.56. The van der Waals surface area contributed by atoms with Crippen molar-refractivity contribution in [3.05, 3.63) is 46.4 Å². The molecule has 0 bridgehead atoms. The van der Waals surface area contributed by atoms with E-state index in [0.29, 0.717) is 5.57 Å². The highest BCUT2D eigenvalue weighted by Gasteiger charge is 2.36. The molecule has 0 amide bonds. The van der Waals surface area contributed by atoms with Crippen molar-refractivity contribution in [2.24, 2.45) is 10.2 Å². The molecule has 3 nitrogen and oxygen atoms in total. The Morgan fingerprint density at radius 3 is 2.73 bits per heavy atom. The van der Waals surface area contributed by atoms with Crippen LogP contribution in [0.2, 0.25) is 5.02 Å². The zero-order valence-corrected chi connectivity index (χ0v) is 8.66. The first-order valence-electron chi connectivity index (χ1n) is 4.31. The zero-order valence-electron chi connectivity index (χ0n) is 7.91. The largest absolute Gasteiger partial charge is 0.361 e. The molecule has 15 heavy (non-hydrogen) atoms. The molecule has 1 unspecified atom stereocenters. The summed E-state index contributed by atoms with van der Waals surface area (Å²) in [5, 5.41) is 17.6. The van der Waals surface area contributed by atoms with Crippen molar-refractivity contribution in [2.75, 3.05) is 0 Å². The number of azo groups is 1. The Balaban J connectivity index is 2.55. The average Bonchev–Trinajstić information content (AvgIpc) is 2.47. The Hall–Kier alpha value is -1.26. The van der Waals surface area contributed by atoms with Crippen LogP contribution in [-0.4, -0.2) is 5.11 Å². The maximum Gasteiger partial charge on any atom is 0.229 e. The number of hydrogen-bond donors (Lipinski definition) is 1. The first kappa shape index (κ1) is 10.3. The Morgan fingerprint density at radius 1 is 1.47 bits per heavy atom. The van der Waals surface area contributed by atoms with Crippen LogP contribution in [-0.2, 0) is 5.72 Å². The third-order valence-corrected chi connectivity index (χ3v) is 2.55. The van der Waals surface area contributed by atoms with E-state index >= 15 is 0 Å². The molecule has 0 spiro atoms. The summed E-state index contributed by atoms with van der Waals surface area (Å²) in [7, 11) is 0. The number of hydrogen-bond acceptors (Lipinski definition) is 3. The molecule has 1 N–H and O–H groups in total. The van der Waals surface area contributed by atoms with Crippen LogP contribution in [0.4, 0.5) is 4.39 Å². The summed E-state index contributed by atoms with van der Waals surface area (Å²) in [6.45, 7) is 1.63. The maximum absolute atomic E-state index is 13.5. The Bertz CT molecular complexity index is 472. The van der Waals surface area contributed by atoms with Gasteiger partial charge in [0, 0.05) is 16.2 Å². The predicted octanol–water partition coefficient (Wildman–Crippen LogP) is 2.99. The molecular weight excluding hydrogens is 219 g/mol. The summed E-state index contributed by atoms with van der Waals surface area (Å²) < 4.78 is 13.5. The summed E-state index contributed by atoms with van der Waals surface area (Å²) in [5.41, 5.74) is -1.15. The van der Waals surface area contributed by atoms with E-state index < -0.39 is 11.5 Å². The zero-order chi connectivity index (χ0) is 11.1. The van der Waals surface area contributed by atoms with Crippen LogP contribution >= 0.6 is 11.6 Å². The van der Waals surface area contributed by atoms with Crippen molar-refractivity contribution in [3.63, 3.8) is 0 Å². The van der Waals surface area contributed by atoms with Crippen molar-refractivity contribution in [1.29, 1.82) is 0 Å². The van der Waals surface area contributed by atoms with Gasteiger partial charge in [0.25, 0.3) is 0 Å². The highest BCUT2D eigenvalue weighted by molar-refractivity contribution is 6.30. The molecule has 0 aliphatic carbocycles. The summed E-state index contributed by atoms with van der Waals surface area (Å²) in [4.78, 5) is 0. The first-order valence-corrected chi connectivity index (χ1v) is 4.69. The normalized spacial score (nSPS) is 24.4. The summed E-state index contributed by atoms with van der Waals surface area (Å²) in [6.07, 6.45) is 1.40. The second-order valence-electron chi connectivity index (χ2n) is 3.32. The lowest BCUT2D eigenvalue weighted by atomic mass is 9.97. The van der Waals surface area contributed by atoms with Gasteiger partial charge in [-0.05, 0) is 25.1 Å². The minimum absolute atomic E-state index is 0.0573. The van der Waals surface area contributed by atoms with Crippen LogP contribution in [0.25, 0.3) is 0 Å². The molecule has 78 valence electrons. The van der Waals surface area contributed by atoms with Gasteiger partial charge in [-0.2, -0.15) is 5.11 Å². The number of halogens is 2. The van der Waals surface area contributed by atoms with Crippen LogP contribution in [0.1, 0.15) is 12.5 Å². The van der Waals surface area contributed by atoms with E-state index in [1.807, 2.05) is 0 Å². The van der Waals surface area contributed by atoms with E-state index in [9.17, 15) is 9.50 Å². The van der Waals surface area contributed by atoms with Crippen LogP contribution in [0.5, 0.6) is 0 Å². The van der Waals surface area contributed by atoms with Gasteiger partial charge in [0.1, 0.15) is 5.82 Å². The molecule has 0 saturated carbocycles. The van der Waals surface area contributed by atoms with Gasteiger partial charge in [-0.15, -0.1) is 5.11 Å². The second kappa shape index (κ2) is 3.40. The number of rotatable bonds is 1. The molecule has 1 aromatic rings. The molecule has 1 heterocycles. The third-order valence-electron chi connectivity index (χ3n) is 2.31. The Morgan fingerprint density at radius 2 is 2.20 bits per heavy atom. The molecular formula is C10H8ClFN2O. The summed E-state index contributed by atoms with van der Waals surface area (Å²) in [6, 6.07) is 4.04. The topological polar surface area (TPSA) is 45.0 Å². The molecule has 2 rings (SSSR count). The van der Waals surface area contributed by atoms with Gasteiger partial charge in [0.05, 0.1) is 6.20 Å². The monoisotopic (exact) mass is 226 g/mol. The maximum atomic E-state index is 13.5. The van der Waals surface area contributed by atoms with Gasteiger partial charge in [-0.25, -0.2) is 4.39 Å². The quantitative estimate of drug-likeness (QED) is 0.786. The van der Waals surface area contributed by atoms with Crippen LogP contribution in [0, 0.1) is 5.82 Å². The first-order chi connectivity index (χ1) is 7.04. The van der Waals surface area contributed by atoms with E-state index in [-0.39, 0.29) is 10.6 Å². The van der Waals surface area contributed by atoms with Crippen LogP contribution in [0.15, 0.2) is 40.2 Å². The van der Waals surface area contributed by atoms with E-state index in [1.165, 1.54) is 18.3 Å². The Labute approximate surface area is 90.9 Å². The van der Waals surface area contributed by atoms with Crippen molar-refractivity contribution in [2.45, 2.75) is 12.6 Å². The van der Waals surface area contributed by atoms with Crippen molar-refractivity contribution < 1.29 is 9.50 Å². The fraction of sp³-hybridized carbons (Fsp3) is 0.200. The van der Waals surface area contributed by atoms with Gasteiger partial charge >= 0.3 is 0 Å². The molecule has 1 aliphatic heterocycles. The molecule has 1 aliphatic rings. The molecule has 0 fully saturated rings. The van der Waals surface area contributed by atoms with Crippen molar-refractivity contribution in [1.82, 2.24) is 0 Å². The highest BCUT2D eigenvalue weighted by Crippen LogP contribution is 2.36. The number of nitrogens with zero attached hydrogens (tertiary/aromatic N) is 2. The molecule has 0 aromatic heterocycles. The molecule has 1 atom stereocenters. The number of aliphatic hydroxyl groups is 1. The van der Waals surface area contributed by atoms with Gasteiger partial charge in [0.2, 0.25) is 5.72 Å². The van der Waals surface area contributed by atoms with E-state index in [4.69, 9.17) is 11.6 Å². The molecule has 0 radical (unpaired) electrons. The van der Waals surface area contributed by atoms with E-state index in [0.717, 1.165) is 6.07 Å². The van der Waals surface area contributed by atoms with Gasteiger partial charge in [0.15, 0.2) is 0 Å². The van der Waals surface area contributed by atoms with Gasteiger partial charge < -0.3 is 5.11 Å². The van der Waals surface area contributed by atoms with Crippen molar-refractivity contribution >= 4 is 11.6 Å². The number of benzene rings is 1. The average molecular weight is 227 g/mol. The fourth-order valence-electron chi connectivity index (χ4n) is 1.41. The standard InChI is InChI=1S/C10H8ClFN2O/c1-6-5-13-14-10(6,15)8-3-2-7(11)4-9(8)12/h2-5,15H,1H3. The fourth-order valence-corrected chi connectivity index (χ4v) is 1.57. The minimum Gasteiger partial charge on any atom is -0.361 e. The van der Waals surface area contributed by atoms with Crippen LogP contribution < -0.4 is 0 Å². The summed E-state index contributed by atoms with van der Waals surface area (Å²) >= 11 is 5.62. The smallest absolute Gasteiger partial charge is 0.229 e. The lowest BCUT2D eigenvalue weighted by Gasteiger charge is -2.20. The summed E-state index contributed by atoms with van der Waals surface area (Å²) in [5.74, 6) is -0.599. The lowest BCUT2D eigenvalue weighted by molar-refractivity contribution is 0.0812. The second-order valence-corrected chi connectivity index (χ2v) is 3.76. The van der Waals surface area contributed by atoms with E-state index in [2.05, 4.69) is 10.2 Å². The molecule has 1 aromatic carbocycles. The Kier molecular flexibility index (Phi) is 2.32. The van der Waals surface area contributed by atoms with Gasteiger partial charge in [-0.3, -0.25) is 0 Å². The lowest BCUT2D eigenvalue weighted by Crippen LogP contribution is -2.23. The van der Waals surface area contributed by atoms with Crippen LogP contribution in [0.3, 0.4) is 0 Å². The highest BCUT2D eigenvalue weighted by atomic mass is 35.5. The molecule has 0 saturated heterocycles. The van der Waals surface area contributed by atoms with E-state index in [1.54, 1.807) is 6.92 Å².